The first kappa shape index (κ1) is 27.6. The van der Waals surface area contributed by atoms with Gasteiger partial charge in [-0.15, -0.1) is 0 Å². The second-order valence-electron chi connectivity index (χ2n) is 13.3. The van der Waals surface area contributed by atoms with Gasteiger partial charge in [0.05, 0.1) is 12.0 Å². The number of carboxylic acids is 1. The van der Waals surface area contributed by atoms with Gasteiger partial charge in [0.2, 0.25) is 0 Å². The molecular weight excluding hydrogens is 472 g/mol. The lowest BCUT2D eigenvalue weighted by Gasteiger charge is -2.59. The molecule has 0 aromatic rings. The van der Waals surface area contributed by atoms with E-state index in [0.717, 1.165) is 0 Å². The van der Waals surface area contributed by atoms with Crippen molar-refractivity contribution in [2.24, 2.45) is 39.4 Å². The van der Waals surface area contributed by atoms with E-state index in [9.17, 15) is 29.1 Å². The summed E-state index contributed by atoms with van der Waals surface area (Å²) >= 11 is 0. The fourth-order valence-electron chi connectivity index (χ4n) is 8.49. The van der Waals surface area contributed by atoms with Crippen molar-refractivity contribution in [3.63, 3.8) is 0 Å². The van der Waals surface area contributed by atoms with Crippen LogP contribution in [-0.2, 0) is 24.0 Å². The Morgan fingerprint density at radius 3 is 2.27 bits per heavy atom. The first-order valence-corrected chi connectivity index (χ1v) is 13.4. The predicted molar refractivity (Wildman–Crippen MR) is 136 cm³/mol. The van der Waals surface area contributed by atoms with Crippen LogP contribution in [0.1, 0.15) is 87.0 Å². The molecule has 4 aliphatic carbocycles. The summed E-state index contributed by atoms with van der Waals surface area (Å²) in [5, 5.41) is 20.7. The number of fused-ring (bicyclic) bond motifs is 4. The highest BCUT2D eigenvalue weighted by atomic mass is 16.4. The molecule has 0 aromatic carbocycles. The first-order chi connectivity index (χ1) is 16.9. The zero-order valence-corrected chi connectivity index (χ0v) is 23.1. The van der Waals surface area contributed by atoms with Gasteiger partial charge in [-0.25, -0.2) is 0 Å². The molecule has 0 spiro atoms. The number of aliphatic carboxylic acids is 1. The Hall–Kier alpha value is -2.41. The van der Waals surface area contributed by atoms with Crippen molar-refractivity contribution >= 4 is 29.1 Å². The number of hydrogen-bond acceptors (Lipinski definition) is 6. The Kier molecular flexibility index (Phi) is 6.38. The summed E-state index contributed by atoms with van der Waals surface area (Å²) in [6.45, 7) is 12.9. The molecule has 3 unspecified atom stereocenters. The van der Waals surface area contributed by atoms with Gasteiger partial charge in [0.25, 0.3) is 0 Å². The van der Waals surface area contributed by atoms with Crippen LogP contribution in [0, 0.1) is 39.4 Å². The zero-order valence-electron chi connectivity index (χ0n) is 23.1. The molecule has 0 aromatic heterocycles. The van der Waals surface area contributed by atoms with E-state index in [4.69, 9.17) is 5.11 Å². The summed E-state index contributed by atoms with van der Waals surface area (Å²) in [4.78, 5) is 64.5. The summed E-state index contributed by atoms with van der Waals surface area (Å²) in [7, 11) is 0. The number of carbonyl (C=O) groups is 5. The monoisotopic (exact) mass is 512 g/mol. The summed E-state index contributed by atoms with van der Waals surface area (Å²) < 4.78 is 0. The highest BCUT2D eigenvalue weighted by Gasteiger charge is 2.69. The Morgan fingerprint density at radius 1 is 1.05 bits per heavy atom. The number of aliphatic hydroxyl groups excluding tert-OH is 1. The van der Waals surface area contributed by atoms with Crippen LogP contribution in [0.5, 0.6) is 0 Å². The minimum absolute atomic E-state index is 0.0987. The fraction of sp³-hybridized carbons (Fsp3) is 0.700. The maximum absolute atomic E-state index is 14.0. The lowest BCUT2D eigenvalue weighted by Crippen LogP contribution is -2.59. The summed E-state index contributed by atoms with van der Waals surface area (Å²) in [6.07, 6.45) is 1.92. The van der Waals surface area contributed by atoms with Gasteiger partial charge < -0.3 is 10.2 Å². The van der Waals surface area contributed by atoms with Crippen molar-refractivity contribution in [2.75, 3.05) is 0 Å². The molecule has 0 saturated heterocycles. The smallest absolute Gasteiger partial charge is 0.306 e. The van der Waals surface area contributed by atoms with E-state index in [0.29, 0.717) is 36.0 Å². The Morgan fingerprint density at radius 2 is 1.68 bits per heavy atom. The Balaban J connectivity index is 1.81. The van der Waals surface area contributed by atoms with Gasteiger partial charge in [0, 0.05) is 53.1 Å². The molecular formula is C30H40O7. The van der Waals surface area contributed by atoms with Gasteiger partial charge in [0.1, 0.15) is 5.78 Å². The van der Waals surface area contributed by atoms with E-state index in [1.54, 1.807) is 6.92 Å². The lowest BCUT2D eigenvalue weighted by atomic mass is 9.43. The van der Waals surface area contributed by atoms with Crippen LogP contribution in [-0.4, -0.2) is 45.4 Å². The second-order valence-corrected chi connectivity index (χ2v) is 13.3. The number of carbonyl (C=O) groups excluding carboxylic acids is 4. The van der Waals surface area contributed by atoms with E-state index < -0.39 is 39.7 Å². The van der Waals surface area contributed by atoms with Crippen LogP contribution in [0.2, 0.25) is 0 Å². The van der Waals surface area contributed by atoms with Crippen LogP contribution >= 0.6 is 0 Å². The molecule has 7 nitrogen and oxygen atoms in total. The minimum Gasteiger partial charge on any atom is -0.481 e. The van der Waals surface area contributed by atoms with E-state index >= 15 is 0 Å². The SMILES string of the molecule is C/C(=C\C(=O)CC(C)C(=O)O)C1C[C@H](O)[C@@]2(C)C3=C(C(=O)C[C@]12C)[C@@]1(C)CCC(=O)C(C)(C)C1CC3=O. The molecule has 0 bridgehead atoms. The standard InChI is InChI=1S/C30H40O7/c1-15(10-17(31)11-16(2)26(36)37)18-12-23(35)30(7)25-19(32)13-21-27(3,4)22(34)8-9-28(21,5)24(25)20(33)14-29(18,30)6/h10,16,18,21,23,35H,8-9,11-14H2,1-7H3,(H,36,37)/b15-10+/t16?,18?,21?,23-,28-,29+,30-/m0/s1. The summed E-state index contributed by atoms with van der Waals surface area (Å²) in [5.74, 6) is -2.88. The maximum atomic E-state index is 14.0. The number of allylic oxidation sites excluding steroid dienone is 3. The number of carboxylic acid groups (broad SMARTS) is 1. The van der Waals surface area contributed by atoms with Crippen LogP contribution < -0.4 is 0 Å². The third kappa shape index (κ3) is 3.67. The van der Waals surface area contributed by atoms with Crippen LogP contribution in [0.4, 0.5) is 0 Å². The van der Waals surface area contributed by atoms with E-state index in [1.807, 2.05) is 34.6 Å². The molecule has 4 aliphatic rings. The molecule has 2 saturated carbocycles. The van der Waals surface area contributed by atoms with Gasteiger partial charge in [-0.3, -0.25) is 24.0 Å². The van der Waals surface area contributed by atoms with Crippen molar-refractivity contribution < 1.29 is 34.2 Å². The van der Waals surface area contributed by atoms with Crippen molar-refractivity contribution in [2.45, 2.75) is 93.1 Å². The van der Waals surface area contributed by atoms with Gasteiger partial charge in [0.15, 0.2) is 17.3 Å². The summed E-state index contributed by atoms with van der Waals surface area (Å²) in [6, 6.07) is 0. The third-order valence-electron chi connectivity index (χ3n) is 11.0. The van der Waals surface area contributed by atoms with Crippen molar-refractivity contribution in [1.29, 1.82) is 0 Å². The molecule has 0 aliphatic heterocycles. The van der Waals surface area contributed by atoms with Crippen LogP contribution in [0.3, 0.4) is 0 Å². The number of aliphatic hydroxyl groups is 1. The summed E-state index contributed by atoms with van der Waals surface area (Å²) in [5.41, 5.74) is -1.46. The van der Waals surface area contributed by atoms with E-state index in [2.05, 4.69) is 0 Å². The topological polar surface area (TPSA) is 126 Å². The number of rotatable bonds is 5. The van der Waals surface area contributed by atoms with E-state index in [-0.39, 0.29) is 54.2 Å². The zero-order chi connectivity index (χ0) is 27.9. The molecule has 7 heteroatoms. The minimum atomic E-state index is -1.04. The van der Waals surface area contributed by atoms with E-state index in [1.165, 1.54) is 13.0 Å². The van der Waals surface area contributed by atoms with Gasteiger partial charge in [-0.1, -0.05) is 47.1 Å². The maximum Gasteiger partial charge on any atom is 0.306 e. The lowest BCUT2D eigenvalue weighted by molar-refractivity contribution is -0.146. The number of ketones is 4. The molecule has 37 heavy (non-hydrogen) atoms. The number of Topliss-reactive ketones (excluding diaryl/α,β-unsaturated/α-hetero) is 3. The van der Waals surface area contributed by atoms with Crippen LogP contribution in [0.25, 0.3) is 0 Å². The fourth-order valence-corrected chi connectivity index (χ4v) is 8.49. The molecule has 7 atom stereocenters. The predicted octanol–water partition coefficient (Wildman–Crippen LogP) is 4.26. The van der Waals surface area contributed by atoms with Crippen molar-refractivity contribution in [3.05, 3.63) is 22.8 Å². The molecule has 0 radical (unpaired) electrons. The molecule has 0 heterocycles. The molecule has 2 fully saturated rings. The Bertz CT molecular complexity index is 1170. The number of hydrogen-bond donors (Lipinski definition) is 2. The molecule has 4 rings (SSSR count). The highest BCUT2D eigenvalue weighted by molar-refractivity contribution is 6.12. The van der Waals surface area contributed by atoms with Gasteiger partial charge in [-0.05, 0) is 43.1 Å². The molecule has 0 amide bonds. The largest absolute Gasteiger partial charge is 0.481 e. The molecule has 202 valence electrons. The normalized spacial score (nSPS) is 40.2. The highest BCUT2D eigenvalue weighted by Crippen LogP contribution is 2.70. The van der Waals surface area contributed by atoms with Gasteiger partial charge >= 0.3 is 5.97 Å². The second kappa shape index (κ2) is 8.55. The third-order valence-corrected chi connectivity index (χ3v) is 11.0. The van der Waals surface area contributed by atoms with Crippen molar-refractivity contribution in [3.8, 4) is 0 Å². The van der Waals surface area contributed by atoms with Gasteiger partial charge in [-0.2, -0.15) is 0 Å². The van der Waals surface area contributed by atoms with Crippen molar-refractivity contribution in [1.82, 2.24) is 0 Å². The molecule has 2 N–H and O–H groups in total. The quantitative estimate of drug-likeness (QED) is 0.527. The first-order valence-electron chi connectivity index (χ1n) is 13.4. The average molecular weight is 513 g/mol. The average Bonchev–Trinajstić information content (AvgIpc) is 2.99. The van der Waals surface area contributed by atoms with Crippen LogP contribution in [0.15, 0.2) is 22.8 Å². The Labute approximate surface area is 218 Å².